The molecule has 0 unspecified atom stereocenters. The van der Waals surface area contributed by atoms with Crippen LogP contribution in [0.1, 0.15) is 63.4 Å². The average Bonchev–Trinajstić information content (AvgIpc) is 3.41. The minimum absolute atomic E-state index is 0.280. The number of carbonyl (C=O) groups is 1. The first-order valence-electron chi connectivity index (χ1n) is 10.9. The molecule has 1 saturated carbocycles. The van der Waals surface area contributed by atoms with Crippen LogP contribution in [0.25, 0.3) is 17.0 Å². The Bertz CT molecular complexity index is 1070. The number of fused-ring (bicyclic) bond motifs is 1. The predicted octanol–water partition coefficient (Wildman–Crippen LogP) is 3.83. The Labute approximate surface area is 181 Å². The molecule has 4 rings (SSSR count). The molecule has 3 aromatic rings. The van der Waals surface area contributed by atoms with Gasteiger partial charge in [-0.05, 0) is 43.9 Å². The van der Waals surface area contributed by atoms with Gasteiger partial charge in [-0.1, -0.05) is 20.8 Å². The highest BCUT2D eigenvalue weighted by atomic mass is 16.5. The molecule has 1 aliphatic rings. The predicted molar refractivity (Wildman–Crippen MR) is 115 cm³/mol. The van der Waals surface area contributed by atoms with Crippen LogP contribution in [0.4, 0.5) is 0 Å². The molecule has 31 heavy (non-hydrogen) atoms. The van der Waals surface area contributed by atoms with E-state index in [1.165, 1.54) is 23.7 Å². The third-order valence-electron chi connectivity index (χ3n) is 6.34. The fourth-order valence-electron chi connectivity index (χ4n) is 4.44. The molecule has 9 heteroatoms. The van der Waals surface area contributed by atoms with Gasteiger partial charge in [0.2, 0.25) is 5.88 Å². The summed E-state index contributed by atoms with van der Waals surface area (Å²) in [5.74, 6) is 2.18. The second-order valence-corrected chi connectivity index (χ2v) is 8.61. The molecule has 0 spiro atoms. The normalized spacial score (nSPS) is 21.5. The first-order valence-corrected chi connectivity index (χ1v) is 10.9. The highest BCUT2D eigenvalue weighted by Gasteiger charge is 2.33. The van der Waals surface area contributed by atoms with E-state index in [1.54, 1.807) is 26.4 Å². The van der Waals surface area contributed by atoms with Gasteiger partial charge in [0.25, 0.3) is 5.95 Å². The molecule has 3 heterocycles. The van der Waals surface area contributed by atoms with Crippen LogP contribution in [0.3, 0.4) is 0 Å². The lowest BCUT2D eigenvalue weighted by molar-refractivity contribution is 0.0526. The molecule has 0 saturated heterocycles. The van der Waals surface area contributed by atoms with Gasteiger partial charge in [-0.3, -0.25) is 4.68 Å². The maximum atomic E-state index is 12.0. The van der Waals surface area contributed by atoms with Crippen LogP contribution in [-0.2, 0) is 4.74 Å². The van der Waals surface area contributed by atoms with Gasteiger partial charge in [0, 0.05) is 6.20 Å². The second kappa shape index (κ2) is 8.64. The van der Waals surface area contributed by atoms with Crippen molar-refractivity contribution in [2.45, 2.75) is 53.0 Å². The molecule has 0 amide bonds. The van der Waals surface area contributed by atoms with E-state index in [4.69, 9.17) is 14.6 Å². The van der Waals surface area contributed by atoms with Crippen LogP contribution in [0.2, 0.25) is 0 Å². The first-order chi connectivity index (χ1) is 14.9. The van der Waals surface area contributed by atoms with Gasteiger partial charge < -0.3 is 9.47 Å². The number of carbonyl (C=O) groups excluding carboxylic acids is 1. The number of methoxy groups -OCH3 is 1. The summed E-state index contributed by atoms with van der Waals surface area (Å²) in [4.78, 5) is 21.2. The van der Waals surface area contributed by atoms with Crippen molar-refractivity contribution in [2.75, 3.05) is 13.7 Å². The SMILES string of the molecule is CCOC(=O)c1cnn(-c2nc(OC)c3c(cnn3[C@H]3C[C@H](C(C)C)CC[C@H]3C)n2)c1. The van der Waals surface area contributed by atoms with E-state index >= 15 is 0 Å². The van der Waals surface area contributed by atoms with Crippen LogP contribution in [0, 0.1) is 17.8 Å². The average molecular weight is 427 g/mol. The van der Waals surface area contributed by atoms with Crippen molar-refractivity contribution in [1.29, 1.82) is 0 Å². The van der Waals surface area contributed by atoms with Crippen molar-refractivity contribution in [2.24, 2.45) is 17.8 Å². The summed E-state index contributed by atoms with van der Waals surface area (Å²) in [7, 11) is 1.59. The van der Waals surface area contributed by atoms with Crippen molar-refractivity contribution in [3.63, 3.8) is 0 Å². The van der Waals surface area contributed by atoms with Gasteiger partial charge in [0.05, 0.1) is 37.7 Å². The zero-order chi connectivity index (χ0) is 22.1. The van der Waals surface area contributed by atoms with Gasteiger partial charge in [-0.25, -0.2) is 14.5 Å². The van der Waals surface area contributed by atoms with Crippen molar-refractivity contribution in [1.82, 2.24) is 29.5 Å². The van der Waals surface area contributed by atoms with Crippen LogP contribution in [0.15, 0.2) is 18.6 Å². The molecule has 3 atom stereocenters. The molecule has 0 bridgehead atoms. The third-order valence-corrected chi connectivity index (χ3v) is 6.34. The Kier molecular flexibility index (Phi) is 5.93. The van der Waals surface area contributed by atoms with Crippen LogP contribution in [-0.4, -0.2) is 49.2 Å². The summed E-state index contributed by atoms with van der Waals surface area (Å²) in [6.07, 6.45) is 8.28. The Hall–Kier alpha value is -2.97. The van der Waals surface area contributed by atoms with E-state index in [2.05, 4.69) is 35.8 Å². The fraction of sp³-hybridized carbons (Fsp3) is 0.591. The number of hydrogen-bond acceptors (Lipinski definition) is 7. The van der Waals surface area contributed by atoms with Gasteiger partial charge in [0.15, 0.2) is 0 Å². The molecular formula is C22H30N6O3. The Balaban J connectivity index is 1.72. The molecule has 0 aliphatic heterocycles. The van der Waals surface area contributed by atoms with Gasteiger partial charge in [0.1, 0.15) is 11.0 Å². The highest BCUT2D eigenvalue weighted by molar-refractivity contribution is 5.88. The third kappa shape index (κ3) is 4.00. The van der Waals surface area contributed by atoms with E-state index < -0.39 is 5.97 Å². The summed E-state index contributed by atoms with van der Waals surface area (Å²) in [5, 5.41) is 8.91. The molecule has 166 valence electrons. The molecule has 3 aromatic heterocycles. The van der Waals surface area contributed by atoms with Crippen LogP contribution >= 0.6 is 0 Å². The second-order valence-electron chi connectivity index (χ2n) is 8.61. The van der Waals surface area contributed by atoms with Gasteiger partial charge in [-0.2, -0.15) is 15.2 Å². The monoisotopic (exact) mass is 426 g/mol. The zero-order valence-corrected chi connectivity index (χ0v) is 18.8. The summed E-state index contributed by atoms with van der Waals surface area (Å²) in [6.45, 7) is 8.94. The van der Waals surface area contributed by atoms with Gasteiger partial charge >= 0.3 is 5.97 Å². The molecule has 1 fully saturated rings. The molecule has 0 aromatic carbocycles. The van der Waals surface area contributed by atoms with E-state index in [1.807, 2.05) is 4.68 Å². The Morgan fingerprint density at radius 1 is 1.23 bits per heavy atom. The smallest absolute Gasteiger partial charge is 0.341 e. The molecule has 0 N–H and O–H groups in total. The maximum absolute atomic E-state index is 12.0. The summed E-state index contributed by atoms with van der Waals surface area (Å²) in [5.41, 5.74) is 1.83. The topological polar surface area (TPSA) is 97.0 Å². The lowest BCUT2D eigenvalue weighted by atomic mass is 9.74. The van der Waals surface area contributed by atoms with E-state index in [0.29, 0.717) is 47.3 Å². The Morgan fingerprint density at radius 3 is 2.74 bits per heavy atom. The van der Waals surface area contributed by atoms with Crippen molar-refractivity contribution in [3.8, 4) is 11.8 Å². The summed E-state index contributed by atoms with van der Waals surface area (Å²) in [6, 6.07) is 0.280. The molecular weight excluding hydrogens is 396 g/mol. The molecule has 1 aliphatic carbocycles. The number of hydrogen-bond donors (Lipinski definition) is 0. The number of esters is 1. The van der Waals surface area contributed by atoms with Crippen molar-refractivity contribution in [3.05, 3.63) is 24.2 Å². The standard InChI is InChI=1S/C22H30N6O3/c1-6-31-21(29)16-10-23-27(12-16)22-25-17-11-24-28(19(17)20(26-22)30-5)18-9-15(13(2)3)8-7-14(18)4/h10-15,18H,6-9H2,1-5H3/t14-,15-,18+/m1/s1. The summed E-state index contributed by atoms with van der Waals surface area (Å²) < 4.78 is 14.2. The van der Waals surface area contributed by atoms with E-state index in [-0.39, 0.29) is 6.04 Å². The number of ether oxygens (including phenoxy) is 2. The van der Waals surface area contributed by atoms with E-state index in [9.17, 15) is 4.79 Å². The zero-order valence-electron chi connectivity index (χ0n) is 18.8. The number of rotatable bonds is 6. The minimum atomic E-state index is -0.430. The number of aromatic nitrogens is 6. The minimum Gasteiger partial charge on any atom is -0.479 e. The fourth-order valence-corrected chi connectivity index (χ4v) is 4.44. The highest BCUT2D eigenvalue weighted by Crippen LogP contribution is 2.41. The lowest BCUT2D eigenvalue weighted by Gasteiger charge is -2.36. The lowest BCUT2D eigenvalue weighted by Crippen LogP contribution is -2.29. The Morgan fingerprint density at radius 2 is 2.03 bits per heavy atom. The van der Waals surface area contributed by atoms with Crippen molar-refractivity contribution < 1.29 is 14.3 Å². The quantitative estimate of drug-likeness (QED) is 0.553. The van der Waals surface area contributed by atoms with E-state index in [0.717, 1.165) is 11.9 Å². The molecule has 0 radical (unpaired) electrons. The van der Waals surface area contributed by atoms with Crippen LogP contribution < -0.4 is 4.74 Å². The van der Waals surface area contributed by atoms with Gasteiger partial charge in [-0.15, -0.1) is 0 Å². The van der Waals surface area contributed by atoms with Crippen LogP contribution in [0.5, 0.6) is 5.88 Å². The molecule has 9 nitrogen and oxygen atoms in total. The number of nitrogens with zero attached hydrogens (tertiary/aromatic N) is 6. The maximum Gasteiger partial charge on any atom is 0.341 e. The first kappa shape index (κ1) is 21.3. The van der Waals surface area contributed by atoms with Crippen molar-refractivity contribution >= 4 is 17.0 Å². The largest absolute Gasteiger partial charge is 0.479 e. The summed E-state index contributed by atoms with van der Waals surface area (Å²) >= 11 is 0.